The minimum absolute atomic E-state index is 0.187. The second-order valence-corrected chi connectivity index (χ2v) is 10.7. The topological polar surface area (TPSA) is 104 Å². The minimum Gasteiger partial charge on any atom is -0.508 e. The van der Waals surface area contributed by atoms with E-state index in [1.807, 2.05) is 102 Å². The van der Waals surface area contributed by atoms with E-state index in [4.69, 9.17) is 24.8 Å². The molecule has 0 amide bonds. The first-order valence-electron chi connectivity index (χ1n) is 14.4. The second-order valence-electron chi connectivity index (χ2n) is 10.7. The summed E-state index contributed by atoms with van der Waals surface area (Å²) in [7, 11) is 0. The summed E-state index contributed by atoms with van der Waals surface area (Å²) in [6.45, 7) is 1.98. The molecular formula is C36H26N7O2+. The predicted molar refractivity (Wildman–Crippen MR) is 172 cm³/mol. The molecule has 0 radical (unpaired) electrons. The molecule has 0 aliphatic carbocycles. The molecule has 1 aliphatic rings. The van der Waals surface area contributed by atoms with Gasteiger partial charge in [-0.25, -0.2) is 19.9 Å². The number of aromatic amines is 1. The fourth-order valence-corrected chi connectivity index (χ4v) is 5.44. The number of para-hydroxylation sites is 2. The molecule has 0 saturated carbocycles. The maximum Gasteiger partial charge on any atom is 0.246 e. The summed E-state index contributed by atoms with van der Waals surface area (Å²) in [5.41, 5.74) is 5.72. The van der Waals surface area contributed by atoms with Crippen LogP contribution in [0.4, 0.5) is 5.82 Å². The molecule has 1 aliphatic heterocycles. The molecule has 8 rings (SSSR count). The summed E-state index contributed by atoms with van der Waals surface area (Å²) in [6.07, 6.45) is 11.3. The Balaban J connectivity index is 1.41. The van der Waals surface area contributed by atoms with E-state index < -0.39 is 0 Å². The van der Waals surface area contributed by atoms with E-state index in [9.17, 15) is 5.11 Å². The van der Waals surface area contributed by atoms with Crippen LogP contribution in [0.15, 0.2) is 115 Å². The number of aliphatic imine (C=N–C) groups is 1. The number of rotatable bonds is 5. The highest BCUT2D eigenvalue weighted by Gasteiger charge is 2.28. The number of benzene rings is 3. The highest BCUT2D eigenvalue weighted by atomic mass is 16.5. The molecule has 2 N–H and O–H groups in total. The van der Waals surface area contributed by atoms with Gasteiger partial charge in [0.25, 0.3) is 0 Å². The maximum absolute atomic E-state index is 9.77. The zero-order valence-electron chi connectivity index (χ0n) is 24.2. The van der Waals surface area contributed by atoms with Gasteiger partial charge < -0.3 is 9.84 Å². The van der Waals surface area contributed by atoms with Crippen molar-refractivity contribution >= 4 is 35.1 Å². The smallest absolute Gasteiger partial charge is 0.246 e. The zero-order valence-corrected chi connectivity index (χ0v) is 24.2. The Morgan fingerprint density at radius 2 is 1.73 bits per heavy atom. The normalized spacial score (nSPS) is 12.6. The Morgan fingerprint density at radius 1 is 0.911 bits per heavy atom. The number of pyridine rings is 2. The lowest BCUT2D eigenvalue weighted by atomic mass is 10.1. The van der Waals surface area contributed by atoms with Crippen LogP contribution in [0.5, 0.6) is 17.4 Å². The van der Waals surface area contributed by atoms with Crippen LogP contribution in [-0.4, -0.2) is 35.6 Å². The van der Waals surface area contributed by atoms with Crippen molar-refractivity contribution in [2.24, 2.45) is 4.99 Å². The van der Waals surface area contributed by atoms with Crippen LogP contribution in [0, 0.1) is 6.92 Å². The second kappa shape index (κ2) is 10.7. The molecule has 9 heteroatoms. The molecule has 0 saturated heterocycles. The average Bonchev–Trinajstić information content (AvgIpc) is 3.72. The number of ether oxygens (including phenoxy) is 1. The van der Waals surface area contributed by atoms with Crippen LogP contribution in [0.1, 0.15) is 22.5 Å². The summed E-state index contributed by atoms with van der Waals surface area (Å²) < 4.78 is 10.6. The molecule has 0 atom stereocenters. The van der Waals surface area contributed by atoms with Crippen LogP contribution < -0.4 is 20.3 Å². The number of phenolic OH excluding ortho intramolecular Hbond substituents is 1. The molecule has 7 aromatic rings. The van der Waals surface area contributed by atoms with E-state index in [0.29, 0.717) is 28.5 Å². The Bertz CT molecular complexity index is 2360. The molecule has 0 unspecified atom stereocenters. The van der Waals surface area contributed by atoms with Crippen molar-refractivity contribution in [1.29, 1.82) is 0 Å². The molecule has 3 aromatic carbocycles. The SMILES string of the molecule is Cc1nn(-c2ccccc2)c2c1C=c1c(c(-n3cc[nH+]c3)c(N=Cc3ccc(O)cc3)n/c1=C\c1ccc3ccccc3n1)O2. The lowest BCUT2D eigenvalue weighted by Gasteiger charge is -2.17. The van der Waals surface area contributed by atoms with Gasteiger partial charge in [-0.05, 0) is 73.2 Å². The predicted octanol–water partition coefficient (Wildman–Crippen LogP) is 4.95. The summed E-state index contributed by atoms with van der Waals surface area (Å²) in [4.78, 5) is 18.0. The number of nitrogens with zero attached hydrogens (tertiary/aromatic N) is 6. The molecule has 9 nitrogen and oxygen atoms in total. The monoisotopic (exact) mass is 588 g/mol. The van der Waals surface area contributed by atoms with E-state index in [2.05, 4.69) is 17.1 Å². The number of aryl methyl sites for hydroxylation is 1. The first-order valence-corrected chi connectivity index (χ1v) is 14.4. The number of aromatic nitrogens is 6. The molecule has 4 aromatic heterocycles. The van der Waals surface area contributed by atoms with Crippen molar-refractivity contribution in [1.82, 2.24) is 24.3 Å². The van der Waals surface area contributed by atoms with Crippen LogP contribution in [0.3, 0.4) is 0 Å². The van der Waals surface area contributed by atoms with Crippen LogP contribution >= 0.6 is 0 Å². The molecule has 0 spiro atoms. The van der Waals surface area contributed by atoms with Crippen LogP contribution in [0.25, 0.3) is 34.4 Å². The number of aromatic hydroxyl groups is 1. The van der Waals surface area contributed by atoms with Crippen molar-refractivity contribution in [2.45, 2.75) is 6.92 Å². The minimum atomic E-state index is 0.187. The van der Waals surface area contributed by atoms with Crippen molar-refractivity contribution in [3.05, 3.63) is 143 Å². The van der Waals surface area contributed by atoms with Gasteiger partial charge in [0.1, 0.15) is 18.1 Å². The van der Waals surface area contributed by atoms with E-state index in [-0.39, 0.29) is 5.75 Å². The third-order valence-electron chi connectivity index (χ3n) is 7.66. The summed E-state index contributed by atoms with van der Waals surface area (Å²) in [6, 6.07) is 28.8. The number of imidazole rings is 1. The van der Waals surface area contributed by atoms with E-state index in [1.165, 1.54) is 0 Å². The van der Waals surface area contributed by atoms with Gasteiger partial charge in [0.15, 0.2) is 5.75 Å². The molecule has 0 bridgehead atoms. The first kappa shape index (κ1) is 26.3. The zero-order chi connectivity index (χ0) is 30.3. The van der Waals surface area contributed by atoms with E-state index >= 15 is 0 Å². The Hall–Kier alpha value is -6.35. The van der Waals surface area contributed by atoms with Gasteiger partial charge in [-0.3, -0.25) is 0 Å². The Morgan fingerprint density at radius 3 is 2.56 bits per heavy atom. The maximum atomic E-state index is 9.77. The fraction of sp³-hybridized carbons (Fsp3) is 0.0278. The van der Waals surface area contributed by atoms with Crippen LogP contribution in [-0.2, 0) is 0 Å². The molecule has 45 heavy (non-hydrogen) atoms. The average molecular weight is 589 g/mol. The van der Waals surface area contributed by atoms with Gasteiger partial charge >= 0.3 is 0 Å². The number of hydrogen-bond donors (Lipinski definition) is 1. The summed E-state index contributed by atoms with van der Waals surface area (Å²) in [5.74, 6) is 1.83. The van der Waals surface area contributed by atoms with Gasteiger partial charge in [0.2, 0.25) is 23.7 Å². The van der Waals surface area contributed by atoms with Gasteiger partial charge in [0, 0.05) is 16.8 Å². The standard InChI is InChI=1S/C36H25N7O2/c1-23-29-20-30-32(19-26-14-13-25-7-5-6-10-31(25)39-26)40-35(38-21-24-11-15-28(44)16-12-24)33(42-18-17-37-22-42)34(30)45-36(29)43(41-23)27-8-3-2-4-9-27/h2-22,44H,1H3/p+1/b32-19-,38-21?. The van der Waals surface area contributed by atoms with E-state index in [0.717, 1.165) is 44.3 Å². The number of phenols is 1. The third-order valence-corrected chi connectivity index (χ3v) is 7.66. The number of fused-ring (bicyclic) bond motifs is 3. The van der Waals surface area contributed by atoms with Crippen molar-refractivity contribution in [3.63, 3.8) is 0 Å². The lowest BCUT2D eigenvalue weighted by Crippen LogP contribution is -2.33. The van der Waals surface area contributed by atoms with Gasteiger partial charge in [-0.1, -0.05) is 42.5 Å². The van der Waals surface area contributed by atoms with Crippen molar-refractivity contribution in [2.75, 3.05) is 0 Å². The Labute approximate surface area is 257 Å². The quantitative estimate of drug-likeness (QED) is 0.287. The van der Waals surface area contributed by atoms with Crippen molar-refractivity contribution in [3.8, 4) is 28.8 Å². The summed E-state index contributed by atoms with van der Waals surface area (Å²) in [5, 5.41) is 17.1. The number of hydrogen-bond acceptors (Lipinski definition) is 6. The van der Waals surface area contributed by atoms with Gasteiger partial charge in [-0.15, -0.1) is 0 Å². The lowest BCUT2D eigenvalue weighted by molar-refractivity contribution is -0.376. The third kappa shape index (κ3) is 4.82. The van der Waals surface area contributed by atoms with Crippen molar-refractivity contribution < 1.29 is 14.8 Å². The van der Waals surface area contributed by atoms with Gasteiger partial charge in [0.05, 0.1) is 33.5 Å². The molecule has 5 heterocycles. The Kier molecular flexibility index (Phi) is 6.27. The van der Waals surface area contributed by atoms with E-state index in [1.54, 1.807) is 30.5 Å². The number of H-pyrrole nitrogens is 1. The molecular weight excluding hydrogens is 562 g/mol. The summed E-state index contributed by atoms with van der Waals surface area (Å²) >= 11 is 0. The highest BCUT2D eigenvalue weighted by Crippen LogP contribution is 2.37. The van der Waals surface area contributed by atoms with Gasteiger partial charge in [-0.2, -0.15) is 14.3 Å². The fourth-order valence-electron chi connectivity index (χ4n) is 5.44. The highest BCUT2D eigenvalue weighted by molar-refractivity contribution is 5.84. The van der Waals surface area contributed by atoms with Crippen LogP contribution in [0.2, 0.25) is 0 Å². The first-order chi connectivity index (χ1) is 22.1. The number of nitrogens with one attached hydrogen (secondary N) is 1. The molecule has 0 fully saturated rings. The molecule has 216 valence electrons. The largest absolute Gasteiger partial charge is 0.508 e.